The third kappa shape index (κ3) is 2.97. The van der Waals surface area contributed by atoms with Crippen LogP contribution >= 0.6 is 0 Å². The molecule has 4 atom stereocenters. The van der Waals surface area contributed by atoms with E-state index in [1.54, 1.807) is 22.9 Å². The molecular formula is C16H17N7O4. The minimum atomic E-state index is -1.14. The standard InChI is InChI=1S/C16H17N7O4/c17-13-11-14(20-6-19-13)23(7-21-11)16-10(12(25)9(5-24)27-16)22-15(26)8-2-1-3-18-4-8/h1-4,6-7,9-10,12,16,24-25H,5H2,(H,22,26)(H2,17,19,20)/t9-,10+,12?,16-/m1/s1. The number of aliphatic hydroxyl groups is 2. The summed E-state index contributed by atoms with van der Waals surface area (Å²) in [5.74, 6) is -0.232. The predicted molar refractivity (Wildman–Crippen MR) is 92.2 cm³/mol. The predicted octanol–water partition coefficient (Wildman–Crippen LogP) is -1.15. The largest absolute Gasteiger partial charge is 0.394 e. The molecule has 1 unspecified atom stereocenters. The number of anilines is 1. The first kappa shape index (κ1) is 17.3. The first-order valence-corrected chi connectivity index (χ1v) is 8.18. The molecule has 0 aliphatic carbocycles. The van der Waals surface area contributed by atoms with E-state index in [0.717, 1.165) is 0 Å². The van der Waals surface area contributed by atoms with Gasteiger partial charge in [0.2, 0.25) is 0 Å². The highest BCUT2D eigenvalue weighted by molar-refractivity contribution is 5.94. The van der Waals surface area contributed by atoms with Crippen molar-refractivity contribution in [2.45, 2.75) is 24.5 Å². The Morgan fingerprint density at radius 3 is 2.96 bits per heavy atom. The number of fused-ring (bicyclic) bond motifs is 1. The van der Waals surface area contributed by atoms with Gasteiger partial charge in [0.05, 0.1) is 18.5 Å². The lowest BCUT2D eigenvalue weighted by atomic mass is 10.1. The number of hydrogen-bond acceptors (Lipinski definition) is 9. The van der Waals surface area contributed by atoms with Gasteiger partial charge in [0.25, 0.3) is 5.91 Å². The second-order valence-electron chi connectivity index (χ2n) is 6.06. The molecule has 11 heteroatoms. The minimum absolute atomic E-state index is 0.201. The molecule has 1 aliphatic rings. The summed E-state index contributed by atoms with van der Waals surface area (Å²) in [5, 5.41) is 22.8. The van der Waals surface area contributed by atoms with Crippen LogP contribution < -0.4 is 11.1 Å². The zero-order valence-corrected chi connectivity index (χ0v) is 14.0. The van der Waals surface area contributed by atoms with Crippen molar-refractivity contribution >= 4 is 22.9 Å². The van der Waals surface area contributed by atoms with Crippen LogP contribution in [0, 0.1) is 0 Å². The Morgan fingerprint density at radius 2 is 2.22 bits per heavy atom. The van der Waals surface area contributed by atoms with E-state index in [1.165, 1.54) is 18.9 Å². The molecule has 0 radical (unpaired) electrons. The maximum Gasteiger partial charge on any atom is 0.253 e. The van der Waals surface area contributed by atoms with Gasteiger partial charge in [0.15, 0.2) is 17.7 Å². The van der Waals surface area contributed by atoms with Crippen molar-refractivity contribution in [3.05, 3.63) is 42.7 Å². The lowest BCUT2D eigenvalue weighted by molar-refractivity contribution is -0.0440. The number of ether oxygens (including phenoxy) is 1. The molecular weight excluding hydrogens is 354 g/mol. The van der Waals surface area contributed by atoms with Gasteiger partial charge in [0.1, 0.15) is 30.1 Å². The van der Waals surface area contributed by atoms with Crippen molar-refractivity contribution in [2.24, 2.45) is 0 Å². The van der Waals surface area contributed by atoms with Gasteiger partial charge in [-0.25, -0.2) is 15.0 Å². The second kappa shape index (κ2) is 6.87. The van der Waals surface area contributed by atoms with Crippen LogP contribution in [0.1, 0.15) is 16.6 Å². The van der Waals surface area contributed by atoms with Gasteiger partial charge in [-0.15, -0.1) is 0 Å². The summed E-state index contributed by atoms with van der Waals surface area (Å²) in [7, 11) is 0. The van der Waals surface area contributed by atoms with E-state index in [2.05, 4.69) is 25.3 Å². The zero-order chi connectivity index (χ0) is 19.0. The molecule has 1 saturated heterocycles. The summed E-state index contributed by atoms with van der Waals surface area (Å²) in [6.07, 6.45) is 2.82. The lowest BCUT2D eigenvalue weighted by Crippen LogP contribution is -2.46. The third-order valence-electron chi connectivity index (χ3n) is 4.43. The summed E-state index contributed by atoms with van der Waals surface area (Å²) in [4.78, 5) is 28.7. The molecule has 4 heterocycles. The topological polar surface area (TPSA) is 161 Å². The molecule has 3 aromatic heterocycles. The lowest BCUT2D eigenvalue weighted by Gasteiger charge is -2.22. The van der Waals surface area contributed by atoms with E-state index in [-0.39, 0.29) is 5.82 Å². The maximum absolute atomic E-state index is 12.5. The molecule has 3 aromatic rings. The first-order valence-electron chi connectivity index (χ1n) is 8.18. The number of aliphatic hydroxyl groups excluding tert-OH is 2. The van der Waals surface area contributed by atoms with Crippen LogP contribution in [0.15, 0.2) is 37.2 Å². The van der Waals surface area contributed by atoms with Crippen LogP contribution in [-0.2, 0) is 4.74 Å². The molecule has 0 bridgehead atoms. The van der Waals surface area contributed by atoms with E-state index in [0.29, 0.717) is 16.7 Å². The number of carbonyl (C=O) groups excluding carboxylic acids is 1. The molecule has 4 rings (SSSR count). The van der Waals surface area contributed by atoms with Crippen molar-refractivity contribution < 1.29 is 19.7 Å². The number of nitrogens with two attached hydrogens (primary N) is 1. The number of imidazole rings is 1. The Kier molecular flexibility index (Phi) is 4.39. The number of rotatable bonds is 4. The van der Waals surface area contributed by atoms with E-state index in [9.17, 15) is 15.0 Å². The van der Waals surface area contributed by atoms with Gasteiger partial charge < -0.3 is 26.0 Å². The van der Waals surface area contributed by atoms with E-state index >= 15 is 0 Å². The Bertz CT molecular complexity index is 964. The first-order chi connectivity index (χ1) is 13.1. The molecule has 1 fully saturated rings. The maximum atomic E-state index is 12.5. The van der Waals surface area contributed by atoms with Crippen LogP contribution in [0.2, 0.25) is 0 Å². The summed E-state index contributed by atoms with van der Waals surface area (Å²) in [5.41, 5.74) is 6.90. The fourth-order valence-corrected chi connectivity index (χ4v) is 3.08. The van der Waals surface area contributed by atoms with Crippen LogP contribution in [0.4, 0.5) is 5.82 Å². The molecule has 0 aromatic carbocycles. The Balaban J connectivity index is 1.69. The van der Waals surface area contributed by atoms with Gasteiger partial charge in [-0.1, -0.05) is 0 Å². The molecule has 1 amide bonds. The van der Waals surface area contributed by atoms with Gasteiger partial charge >= 0.3 is 0 Å². The summed E-state index contributed by atoms with van der Waals surface area (Å²) >= 11 is 0. The molecule has 0 spiro atoms. The Morgan fingerprint density at radius 1 is 1.37 bits per heavy atom. The van der Waals surface area contributed by atoms with E-state index in [1.807, 2.05) is 0 Å². The van der Waals surface area contributed by atoms with Crippen molar-refractivity contribution in [3.8, 4) is 0 Å². The minimum Gasteiger partial charge on any atom is -0.394 e. The number of nitrogen functional groups attached to an aromatic ring is 1. The number of pyridine rings is 1. The number of nitrogens with zero attached hydrogens (tertiary/aromatic N) is 5. The van der Waals surface area contributed by atoms with Crippen LogP contribution in [-0.4, -0.2) is 65.5 Å². The van der Waals surface area contributed by atoms with Crippen LogP contribution in [0.3, 0.4) is 0 Å². The average Bonchev–Trinajstić information content (AvgIpc) is 3.25. The normalized spacial score (nSPS) is 25.0. The van der Waals surface area contributed by atoms with Gasteiger partial charge in [-0.3, -0.25) is 14.3 Å². The zero-order valence-electron chi connectivity index (χ0n) is 14.0. The van der Waals surface area contributed by atoms with E-state index in [4.69, 9.17) is 10.5 Å². The number of nitrogens with one attached hydrogen (secondary N) is 1. The molecule has 5 N–H and O–H groups in total. The average molecular weight is 371 g/mol. The Hall–Kier alpha value is -3.15. The Labute approximate surface area is 152 Å². The number of hydrogen-bond donors (Lipinski definition) is 4. The molecule has 1 aliphatic heterocycles. The highest BCUT2D eigenvalue weighted by atomic mass is 16.5. The second-order valence-corrected chi connectivity index (χ2v) is 6.06. The fourth-order valence-electron chi connectivity index (χ4n) is 3.08. The number of amides is 1. The van der Waals surface area contributed by atoms with Gasteiger partial charge in [-0.05, 0) is 12.1 Å². The molecule has 11 nitrogen and oxygen atoms in total. The SMILES string of the molecule is Nc1ncnc2c1ncn2[C@@H]1O[C@H](CO)C(O)[C@@H]1NC(=O)c1cccnc1. The fraction of sp³-hybridized carbons (Fsp3) is 0.312. The van der Waals surface area contributed by atoms with E-state index < -0.39 is 37.0 Å². The molecule has 27 heavy (non-hydrogen) atoms. The summed E-state index contributed by atoms with van der Waals surface area (Å²) in [6, 6.07) is 2.38. The quantitative estimate of drug-likeness (QED) is 0.444. The van der Waals surface area contributed by atoms with Crippen molar-refractivity contribution in [1.29, 1.82) is 0 Å². The number of aromatic nitrogens is 5. The molecule has 140 valence electrons. The summed E-state index contributed by atoms with van der Waals surface area (Å²) in [6.45, 7) is -0.416. The number of carbonyl (C=O) groups is 1. The van der Waals surface area contributed by atoms with Crippen molar-refractivity contribution in [2.75, 3.05) is 12.3 Å². The van der Waals surface area contributed by atoms with Gasteiger partial charge in [-0.2, -0.15) is 0 Å². The van der Waals surface area contributed by atoms with Gasteiger partial charge in [0, 0.05) is 12.4 Å². The smallest absolute Gasteiger partial charge is 0.253 e. The van der Waals surface area contributed by atoms with Crippen molar-refractivity contribution in [3.63, 3.8) is 0 Å². The highest BCUT2D eigenvalue weighted by Gasteiger charge is 2.45. The molecule has 0 saturated carbocycles. The van der Waals surface area contributed by atoms with Crippen LogP contribution in [0.5, 0.6) is 0 Å². The third-order valence-corrected chi connectivity index (χ3v) is 4.43. The van der Waals surface area contributed by atoms with Crippen LogP contribution in [0.25, 0.3) is 11.2 Å². The highest BCUT2D eigenvalue weighted by Crippen LogP contribution is 2.32. The monoisotopic (exact) mass is 371 g/mol. The summed E-state index contributed by atoms with van der Waals surface area (Å²) < 4.78 is 7.30. The van der Waals surface area contributed by atoms with Crippen molar-refractivity contribution in [1.82, 2.24) is 29.8 Å².